The highest BCUT2D eigenvalue weighted by atomic mass is 19.4. The van der Waals surface area contributed by atoms with Crippen LogP contribution in [0.3, 0.4) is 0 Å². The molecule has 0 spiro atoms. The number of hydrogen-bond acceptors (Lipinski definition) is 2. The smallest absolute Gasteiger partial charge is 0.313 e. The molecule has 0 radical (unpaired) electrons. The van der Waals surface area contributed by atoms with Crippen molar-refractivity contribution in [2.75, 3.05) is 26.2 Å². The second kappa shape index (κ2) is 4.29. The van der Waals surface area contributed by atoms with Crippen LogP contribution in [0.5, 0.6) is 0 Å². The molecule has 3 atom stereocenters. The van der Waals surface area contributed by atoms with Crippen LogP contribution in [-0.4, -0.2) is 43.3 Å². The van der Waals surface area contributed by atoms with Gasteiger partial charge in [0, 0.05) is 19.1 Å². The Morgan fingerprint density at radius 1 is 1.20 bits per heavy atom. The zero-order valence-electron chi connectivity index (χ0n) is 8.69. The zero-order chi connectivity index (χ0) is 10.9. The van der Waals surface area contributed by atoms with Gasteiger partial charge in [-0.05, 0) is 31.8 Å². The summed E-state index contributed by atoms with van der Waals surface area (Å²) < 4.78 is 35.8. The molecule has 15 heavy (non-hydrogen) atoms. The van der Waals surface area contributed by atoms with Crippen molar-refractivity contribution in [3.63, 3.8) is 0 Å². The van der Waals surface area contributed by atoms with Gasteiger partial charge in [-0.2, -0.15) is 13.2 Å². The van der Waals surface area contributed by atoms with Crippen molar-refractivity contribution in [1.82, 2.24) is 10.2 Å². The Labute approximate surface area is 87.8 Å². The van der Waals surface area contributed by atoms with Crippen molar-refractivity contribution >= 4 is 0 Å². The maximum absolute atomic E-state index is 11.9. The van der Waals surface area contributed by atoms with Gasteiger partial charge in [0.1, 0.15) is 0 Å². The first-order chi connectivity index (χ1) is 7.04. The highest BCUT2D eigenvalue weighted by Gasteiger charge is 2.34. The van der Waals surface area contributed by atoms with E-state index in [0.29, 0.717) is 12.0 Å². The third-order valence-electron chi connectivity index (χ3n) is 3.45. The summed E-state index contributed by atoms with van der Waals surface area (Å²) in [5.74, 6) is 0.576. The second-order valence-corrected chi connectivity index (χ2v) is 4.56. The van der Waals surface area contributed by atoms with E-state index in [1.807, 2.05) is 0 Å². The van der Waals surface area contributed by atoms with E-state index in [-0.39, 0.29) is 6.54 Å². The molecular formula is C10H17F3N2. The molecule has 88 valence electrons. The van der Waals surface area contributed by atoms with Crippen LogP contribution in [0, 0.1) is 5.92 Å². The second-order valence-electron chi connectivity index (χ2n) is 4.56. The summed E-state index contributed by atoms with van der Waals surface area (Å²) in [5.41, 5.74) is 0. The first-order valence-corrected chi connectivity index (χ1v) is 5.57. The molecule has 2 nitrogen and oxygen atoms in total. The number of nitrogens with zero attached hydrogens (tertiary/aromatic N) is 1. The molecule has 2 aliphatic heterocycles. The van der Waals surface area contributed by atoms with E-state index in [1.54, 1.807) is 0 Å². The predicted molar refractivity (Wildman–Crippen MR) is 51.6 cm³/mol. The van der Waals surface area contributed by atoms with Crippen LogP contribution in [-0.2, 0) is 0 Å². The van der Waals surface area contributed by atoms with E-state index in [9.17, 15) is 13.2 Å². The van der Waals surface area contributed by atoms with E-state index in [0.717, 1.165) is 32.5 Å². The highest BCUT2D eigenvalue weighted by molar-refractivity contribution is 4.90. The quantitative estimate of drug-likeness (QED) is 0.780. The Morgan fingerprint density at radius 3 is 2.67 bits per heavy atom. The molecule has 0 aliphatic carbocycles. The minimum Gasteiger partial charge on any atom is -0.313 e. The van der Waals surface area contributed by atoms with Crippen LogP contribution >= 0.6 is 0 Å². The van der Waals surface area contributed by atoms with Crippen molar-refractivity contribution in [2.45, 2.75) is 31.5 Å². The topological polar surface area (TPSA) is 15.3 Å². The molecule has 2 bridgehead atoms. The van der Waals surface area contributed by atoms with Gasteiger partial charge < -0.3 is 10.2 Å². The van der Waals surface area contributed by atoms with Crippen molar-refractivity contribution in [2.24, 2.45) is 5.92 Å². The lowest BCUT2D eigenvalue weighted by Gasteiger charge is -2.31. The average molecular weight is 222 g/mol. The zero-order valence-corrected chi connectivity index (χ0v) is 8.69. The molecule has 3 unspecified atom stereocenters. The molecule has 0 aromatic carbocycles. The van der Waals surface area contributed by atoms with E-state index >= 15 is 0 Å². The summed E-state index contributed by atoms with van der Waals surface area (Å²) in [7, 11) is 0. The SMILES string of the molecule is FC(F)(F)CCNC1CCN2CCC1C2. The van der Waals surface area contributed by atoms with Gasteiger partial charge in [-0.1, -0.05) is 0 Å². The first kappa shape index (κ1) is 11.2. The predicted octanol–water partition coefficient (Wildman–Crippen LogP) is 1.62. The van der Waals surface area contributed by atoms with Gasteiger partial charge in [-0.3, -0.25) is 0 Å². The normalized spacial score (nSPS) is 35.8. The van der Waals surface area contributed by atoms with E-state index < -0.39 is 12.6 Å². The molecule has 2 heterocycles. The maximum atomic E-state index is 11.9. The minimum absolute atomic E-state index is 0.0741. The molecule has 2 aliphatic rings. The van der Waals surface area contributed by atoms with Gasteiger partial charge in [0.05, 0.1) is 6.42 Å². The van der Waals surface area contributed by atoms with Crippen LogP contribution in [0.4, 0.5) is 13.2 Å². The van der Waals surface area contributed by atoms with Crippen LogP contribution in [0.15, 0.2) is 0 Å². The molecular weight excluding hydrogens is 205 g/mol. The lowest BCUT2D eigenvalue weighted by Crippen LogP contribution is -2.44. The summed E-state index contributed by atoms with van der Waals surface area (Å²) in [6, 6.07) is 0.311. The molecule has 0 amide bonds. The third-order valence-corrected chi connectivity index (χ3v) is 3.45. The van der Waals surface area contributed by atoms with Crippen molar-refractivity contribution < 1.29 is 13.2 Å². The first-order valence-electron chi connectivity index (χ1n) is 5.57. The summed E-state index contributed by atoms with van der Waals surface area (Å²) in [6.45, 7) is 3.32. The van der Waals surface area contributed by atoms with Crippen LogP contribution in [0.1, 0.15) is 19.3 Å². The Kier molecular flexibility index (Phi) is 3.21. The van der Waals surface area contributed by atoms with Gasteiger partial charge in [-0.15, -0.1) is 0 Å². The lowest BCUT2D eigenvalue weighted by atomic mass is 9.94. The molecule has 0 saturated carbocycles. The number of halogens is 3. The molecule has 2 rings (SSSR count). The molecule has 2 saturated heterocycles. The van der Waals surface area contributed by atoms with Gasteiger partial charge in [-0.25, -0.2) is 0 Å². The standard InChI is InChI=1S/C10H17F3N2/c11-10(12,13)3-4-14-9-2-6-15-5-1-8(9)7-15/h8-9,14H,1-7H2. The molecule has 0 aromatic rings. The number of fused-ring (bicyclic) bond motifs is 2. The van der Waals surface area contributed by atoms with Crippen molar-refractivity contribution in [1.29, 1.82) is 0 Å². The Hall–Kier alpha value is -0.290. The minimum atomic E-state index is -4.02. The largest absolute Gasteiger partial charge is 0.390 e. The monoisotopic (exact) mass is 222 g/mol. The summed E-state index contributed by atoms with van der Waals surface area (Å²) in [6.07, 6.45) is -2.59. The van der Waals surface area contributed by atoms with Gasteiger partial charge in [0.15, 0.2) is 0 Å². The van der Waals surface area contributed by atoms with Crippen LogP contribution in [0.25, 0.3) is 0 Å². The number of nitrogens with one attached hydrogen (secondary N) is 1. The van der Waals surface area contributed by atoms with Gasteiger partial charge in [0.2, 0.25) is 0 Å². The Morgan fingerprint density at radius 2 is 1.93 bits per heavy atom. The van der Waals surface area contributed by atoms with E-state index in [4.69, 9.17) is 0 Å². The maximum Gasteiger partial charge on any atom is 0.390 e. The highest BCUT2D eigenvalue weighted by Crippen LogP contribution is 2.27. The Balaban J connectivity index is 1.71. The molecule has 0 aromatic heterocycles. The third kappa shape index (κ3) is 3.08. The Bertz CT molecular complexity index is 217. The number of piperidine rings is 1. The fourth-order valence-electron chi connectivity index (χ4n) is 2.62. The van der Waals surface area contributed by atoms with Crippen LogP contribution < -0.4 is 5.32 Å². The number of hydrogen-bond donors (Lipinski definition) is 1. The average Bonchev–Trinajstić information content (AvgIpc) is 2.51. The van der Waals surface area contributed by atoms with Crippen LogP contribution in [0.2, 0.25) is 0 Å². The number of alkyl halides is 3. The number of rotatable bonds is 3. The van der Waals surface area contributed by atoms with E-state index in [1.165, 1.54) is 0 Å². The van der Waals surface area contributed by atoms with Gasteiger partial charge >= 0.3 is 6.18 Å². The fraction of sp³-hybridized carbons (Fsp3) is 1.00. The molecule has 2 fully saturated rings. The summed E-state index contributed by atoms with van der Waals surface area (Å²) >= 11 is 0. The van der Waals surface area contributed by atoms with Crippen molar-refractivity contribution in [3.05, 3.63) is 0 Å². The molecule has 5 heteroatoms. The van der Waals surface area contributed by atoms with E-state index in [2.05, 4.69) is 10.2 Å². The summed E-state index contributed by atoms with van der Waals surface area (Å²) in [5, 5.41) is 3.06. The van der Waals surface area contributed by atoms with Crippen molar-refractivity contribution in [3.8, 4) is 0 Å². The lowest BCUT2D eigenvalue weighted by molar-refractivity contribution is -0.133. The summed E-state index contributed by atoms with van der Waals surface area (Å²) in [4.78, 5) is 2.40. The fourth-order valence-corrected chi connectivity index (χ4v) is 2.62. The molecule has 1 N–H and O–H groups in total. The van der Waals surface area contributed by atoms with Gasteiger partial charge in [0.25, 0.3) is 0 Å².